The highest BCUT2D eigenvalue weighted by molar-refractivity contribution is 7.90. The normalized spacial score (nSPS) is 12.0. The van der Waals surface area contributed by atoms with Crippen molar-refractivity contribution in [2.75, 3.05) is 0 Å². The predicted molar refractivity (Wildman–Crippen MR) is 106 cm³/mol. The summed E-state index contributed by atoms with van der Waals surface area (Å²) in [6.07, 6.45) is 2.10. The number of hydrogen-bond donors (Lipinski definition) is 2. The van der Waals surface area contributed by atoms with Crippen LogP contribution in [0.4, 0.5) is 0 Å². The third-order valence-electron chi connectivity index (χ3n) is 4.55. The van der Waals surface area contributed by atoms with Crippen LogP contribution in [0.25, 0.3) is 21.9 Å². The second-order valence-corrected chi connectivity index (χ2v) is 8.66. The number of nitrogens with one attached hydrogen (secondary N) is 1. The Morgan fingerprint density at radius 1 is 1.18 bits per heavy atom. The van der Waals surface area contributed by atoms with E-state index in [2.05, 4.69) is 9.97 Å². The van der Waals surface area contributed by atoms with Crippen LogP contribution in [0.5, 0.6) is 0 Å². The third kappa shape index (κ3) is 3.25. The summed E-state index contributed by atoms with van der Waals surface area (Å²) in [7, 11) is -3.91. The molecule has 0 aliphatic carbocycles. The summed E-state index contributed by atoms with van der Waals surface area (Å²) in [5.41, 5.74) is 2.30. The molecule has 144 valence electrons. The van der Waals surface area contributed by atoms with Gasteiger partial charge in [0.15, 0.2) is 0 Å². The number of carboxylic acid groups (broad SMARTS) is 1. The van der Waals surface area contributed by atoms with E-state index in [1.165, 1.54) is 22.4 Å². The molecule has 2 aromatic carbocycles. The molecule has 4 aromatic rings. The Hall–Kier alpha value is -2.84. The molecule has 0 amide bonds. The number of aromatic amines is 1. The van der Waals surface area contributed by atoms with Crippen molar-refractivity contribution in [3.05, 3.63) is 59.5 Å². The smallest absolute Gasteiger partial charge is 0.303 e. The van der Waals surface area contributed by atoms with Gasteiger partial charge in [0, 0.05) is 22.5 Å². The first-order valence-electron chi connectivity index (χ1n) is 8.56. The molecule has 0 aliphatic rings. The maximum absolute atomic E-state index is 13.5. The number of aromatic nitrogens is 3. The minimum Gasteiger partial charge on any atom is -0.481 e. The van der Waals surface area contributed by atoms with Gasteiger partial charge in [-0.15, -0.1) is 0 Å². The number of imidazole rings is 1. The molecule has 2 heterocycles. The van der Waals surface area contributed by atoms with Crippen molar-refractivity contribution in [2.24, 2.45) is 0 Å². The van der Waals surface area contributed by atoms with Crippen molar-refractivity contribution in [1.82, 2.24) is 13.9 Å². The van der Waals surface area contributed by atoms with Crippen LogP contribution in [0.3, 0.4) is 0 Å². The standard InChI is InChI=1S/C19H16ClN3O4S/c20-13-4-7-18-12(8-13)9-14(2-1-3-19(24)25)23(18)28(26,27)15-5-6-16-17(10-15)22-11-21-16/h4-11H,1-3H2,(H,21,22)(H,24,25). The lowest BCUT2D eigenvalue weighted by atomic mass is 10.2. The molecule has 0 aliphatic heterocycles. The number of carbonyl (C=O) groups is 1. The van der Waals surface area contributed by atoms with E-state index in [4.69, 9.17) is 16.7 Å². The SMILES string of the molecule is O=C(O)CCCc1cc2cc(Cl)ccc2n1S(=O)(=O)c1ccc2[nH]cnc2c1. The van der Waals surface area contributed by atoms with E-state index in [0.29, 0.717) is 40.0 Å². The first-order valence-corrected chi connectivity index (χ1v) is 10.4. The first kappa shape index (κ1) is 18.5. The van der Waals surface area contributed by atoms with Crippen molar-refractivity contribution in [3.63, 3.8) is 0 Å². The zero-order chi connectivity index (χ0) is 19.9. The minimum absolute atomic E-state index is 0.0401. The first-order chi connectivity index (χ1) is 13.4. The average molecular weight is 418 g/mol. The lowest BCUT2D eigenvalue weighted by molar-refractivity contribution is -0.137. The number of benzene rings is 2. The van der Waals surface area contributed by atoms with Gasteiger partial charge in [0.05, 0.1) is 27.8 Å². The fourth-order valence-corrected chi connectivity index (χ4v) is 5.04. The highest BCUT2D eigenvalue weighted by Crippen LogP contribution is 2.29. The maximum atomic E-state index is 13.5. The minimum atomic E-state index is -3.91. The van der Waals surface area contributed by atoms with E-state index in [-0.39, 0.29) is 11.3 Å². The van der Waals surface area contributed by atoms with E-state index in [1.807, 2.05) is 0 Å². The van der Waals surface area contributed by atoms with Gasteiger partial charge in [-0.2, -0.15) is 0 Å². The molecule has 2 N–H and O–H groups in total. The highest BCUT2D eigenvalue weighted by Gasteiger charge is 2.24. The molecule has 2 aromatic heterocycles. The summed E-state index contributed by atoms with van der Waals surface area (Å²) >= 11 is 6.06. The van der Waals surface area contributed by atoms with Crippen molar-refractivity contribution >= 4 is 49.5 Å². The van der Waals surface area contributed by atoms with Crippen molar-refractivity contribution in [3.8, 4) is 0 Å². The summed E-state index contributed by atoms with van der Waals surface area (Å²) in [6, 6.07) is 11.4. The second kappa shape index (κ2) is 6.96. The van der Waals surface area contributed by atoms with E-state index in [0.717, 1.165) is 5.52 Å². The van der Waals surface area contributed by atoms with Gasteiger partial charge in [-0.05, 0) is 55.3 Å². The molecule has 0 atom stereocenters. The number of halogens is 1. The van der Waals surface area contributed by atoms with Gasteiger partial charge in [0.1, 0.15) is 0 Å². The van der Waals surface area contributed by atoms with Crippen LogP contribution in [-0.4, -0.2) is 33.4 Å². The van der Waals surface area contributed by atoms with E-state index in [1.54, 1.807) is 30.3 Å². The van der Waals surface area contributed by atoms with Crippen LogP contribution in [-0.2, 0) is 21.2 Å². The zero-order valence-corrected chi connectivity index (χ0v) is 16.2. The van der Waals surface area contributed by atoms with Gasteiger partial charge in [-0.3, -0.25) is 4.79 Å². The van der Waals surface area contributed by atoms with Crippen LogP contribution < -0.4 is 0 Å². The lowest BCUT2D eigenvalue weighted by Crippen LogP contribution is -2.16. The van der Waals surface area contributed by atoms with Gasteiger partial charge in [-0.25, -0.2) is 17.4 Å². The molecule has 0 bridgehead atoms. The molecule has 28 heavy (non-hydrogen) atoms. The molecule has 0 spiro atoms. The Balaban J connectivity index is 1.87. The molecule has 9 heteroatoms. The second-order valence-electron chi connectivity index (χ2n) is 6.44. The highest BCUT2D eigenvalue weighted by atomic mass is 35.5. The van der Waals surface area contributed by atoms with Gasteiger partial charge in [0.2, 0.25) is 0 Å². The molecule has 0 saturated heterocycles. The van der Waals surface area contributed by atoms with Gasteiger partial charge >= 0.3 is 5.97 Å². The van der Waals surface area contributed by atoms with Crippen molar-refractivity contribution < 1.29 is 18.3 Å². The van der Waals surface area contributed by atoms with Crippen LogP contribution in [0.2, 0.25) is 5.02 Å². The van der Waals surface area contributed by atoms with E-state index in [9.17, 15) is 13.2 Å². The summed E-state index contributed by atoms with van der Waals surface area (Å²) in [5.74, 6) is -0.919. The molecular weight excluding hydrogens is 402 g/mol. The Morgan fingerprint density at radius 2 is 2.00 bits per heavy atom. The Labute approximate surface area is 165 Å². The number of hydrogen-bond acceptors (Lipinski definition) is 4. The topological polar surface area (TPSA) is 105 Å². The van der Waals surface area contributed by atoms with Crippen LogP contribution in [0.1, 0.15) is 18.5 Å². The van der Waals surface area contributed by atoms with Crippen LogP contribution in [0, 0.1) is 0 Å². The fraction of sp³-hybridized carbons (Fsp3) is 0.158. The molecule has 0 saturated carbocycles. The number of nitrogens with zero attached hydrogens (tertiary/aromatic N) is 2. The lowest BCUT2D eigenvalue weighted by Gasteiger charge is -2.12. The molecule has 7 nitrogen and oxygen atoms in total. The van der Waals surface area contributed by atoms with Gasteiger partial charge in [0.25, 0.3) is 10.0 Å². The summed E-state index contributed by atoms with van der Waals surface area (Å²) in [4.78, 5) is 18.0. The van der Waals surface area contributed by atoms with E-state index >= 15 is 0 Å². The fourth-order valence-electron chi connectivity index (χ4n) is 3.27. The number of carboxylic acids is 1. The number of rotatable bonds is 6. The van der Waals surface area contributed by atoms with Gasteiger partial charge in [-0.1, -0.05) is 11.6 Å². The van der Waals surface area contributed by atoms with Crippen LogP contribution in [0.15, 0.2) is 53.7 Å². The monoisotopic (exact) mass is 417 g/mol. The van der Waals surface area contributed by atoms with Crippen molar-refractivity contribution in [2.45, 2.75) is 24.2 Å². The quantitative estimate of drug-likeness (QED) is 0.496. The number of fused-ring (bicyclic) bond motifs is 2. The third-order valence-corrected chi connectivity index (χ3v) is 6.54. The number of aliphatic carboxylic acids is 1. The Kier molecular flexibility index (Phi) is 4.60. The molecular formula is C19H16ClN3O4S. The maximum Gasteiger partial charge on any atom is 0.303 e. The summed E-state index contributed by atoms with van der Waals surface area (Å²) in [6.45, 7) is 0. The Morgan fingerprint density at radius 3 is 2.79 bits per heavy atom. The molecule has 0 radical (unpaired) electrons. The summed E-state index contributed by atoms with van der Waals surface area (Å²) in [5, 5.41) is 10.1. The van der Waals surface area contributed by atoms with Gasteiger partial charge < -0.3 is 10.1 Å². The average Bonchev–Trinajstić information content (AvgIpc) is 3.24. The number of aryl methyl sites for hydroxylation is 1. The van der Waals surface area contributed by atoms with Crippen LogP contribution >= 0.6 is 11.6 Å². The molecule has 0 fully saturated rings. The molecule has 0 unspecified atom stereocenters. The summed E-state index contributed by atoms with van der Waals surface area (Å²) < 4.78 is 28.2. The number of H-pyrrole nitrogens is 1. The zero-order valence-electron chi connectivity index (χ0n) is 14.6. The molecule has 4 rings (SSSR count). The van der Waals surface area contributed by atoms with Crippen molar-refractivity contribution in [1.29, 1.82) is 0 Å². The predicted octanol–water partition coefficient (Wildman–Crippen LogP) is 3.82. The Bertz CT molecular complexity index is 1310. The van der Waals surface area contributed by atoms with E-state index < -0.39 is 16.0 Å². The largest absolute Gasteiger partial charge is 0.481 e.